The molecule has 1 saturated heterocycles. The average Bonchev–Trinajstić information content (AvgIpc) is 3.30. The van der Waals surface area contributed by atoms with E-state index in [0.29, 0.717) is 10.2 Å². The Morgan fingerprint density at radius 2 is 1.93 bits per heavy atom. The molecule has 162 valence electrons. The number of hydrogen-bond donors (Lipinski definition) is 2. The van der Waals surface area contributed by atoms with E-state index >= 15 is 0 Å². The van der Waals surface area contributed by atoms with Crippen LogP contribution in [0.5, 0.6) is 5.75 Å². The number of aromatic nitrogens is 2. The van der Waals surface area contributed by atoms with Crippen LogP contribution >= 0.6 is 22.7 Å². The van der Waals surface area contributed by atoms with Crippen molar-refractivity contribution in [1.29, 1.82) is 0 Å². The fourth-order valence-corrected chi connectivity index (χ4v) is 5.19. The summed E-state index contributed by atoms with van der Waals surface area (Å²) in [5.41, 5.74) is -0.977. The van der Waals surface area contributed by atoms with Gasteiger partial charge in [0.25, 0.3) is 0 Å². The van der Waals surface area contributed by atoms with Gasteiger partial charge in [-0.3, -0.25) is 0 Å². The van der Waals surface area contributed by atoms with Crippen LogP contribution in [0.3, 0.4) is 0 Å². The Morgan fingerprint density at radius 3 is 2.53 bits per heavy atom. The normalized spacial score (nSPS) is 20.7. The molecule has 1 aliphatic rings. The van der Waals surface area contributed by atoms with Gasteiger partial charge in [0, 0.05) is 42.3 Å². The van der Waals surface area contributed by atoms with Crippen LogP contribution in [0.2, 0.25) is 0 Å². The molecule has 2 aromatic heterocycles. The maximum absolute atomic E-state index is 14.5. The Balaban J connectivity index is 1.82. The number of thiazole rings is 2. The highest BCUT2D eigenvalue weighted by molar-refractivity contribution is 7.22. The van der Waals surface area contributed by atoms with Gasteiger partial charge in [0.2, 0.25) is 0 Å². The van der Waals surface area contributed by atoms with Gasteiger partial charge in [-0.1, -0.05) is 11.3 Å². The lowest BCUT2D eigenvalue weighted by Gasteiger charge is -2.35. The van der Waals surface area contributed by atoms with Gasteiger partial charge in [-0.05, 0) is 39.8 Å². The maximum Gasteiger partial charge on any atom is 0.426 e. The molecule has 0 radical (unpaired) electrons. The molecule has 1 aliphatic heterocycles. The summed E-state index contributed by atoms with van der Waals surface area (Å²) in [4.78, 5) is 11.3. The van der Waals surface area contributed by atoms with Crippen molar-refractivity contribution >= 4 is 38.0 Å². The number of rotatable bonds is 5. The van der Waals surface area contributed by atoms with Crippen molar-refractivity contribution in [3.8, 4) is 16.3 Å². The number of piperazine rings is 1. The van der Waals surface area contributed by atoms with Crippen molar-refractivity contribution in [2.24, 2.45) is 0 Å². The van der Waals surface area contributed by atoms with Gasteiger partial charge in [-0.25, -0.2) is 9.97 Å². The molecule has 1 aromatic carbocycles. The molecular formula is C20H24F2N4O2S2. The minimum Gasteiger partial charge on any atom is -0.429 e. The zero-order valence-electron chi connectivity index (χ0n) is 17.1. The molecule has 3 heterocycles. The molecule has 3 aromatic rings. The van der Waals surface area contributed by atoms with Crippen molar-refractivity contribution in [2.45, 2.75) is 51.5 Å². The number of nitrogens with one attached hydrogen (secondary N) is 1. The molecule has 30 heavy (non-hydrogen) atoms. The van der Waals surface area contributed by atoms with E-state index in [1.165, 1.54) is 28.7 Å². The topological polar surface area (TPSA) is 70.5 Å². The zero-order chi connectivity index (χ0) is 21.7. The number of aliphatic hydroxyl groups is 1. The first kappa shape index (κ1) is 21.4. The lowest BCUT2D eigenvalue weighted by molar-refractivity contribution is -0.275. The molecule has 6 nitrogen and oxygen atoms in total. The Hall–Kier alpha value is -1.88. The van der Waals surface area contributed by atoms with Crippen LogP contribution in [-0.4, -0.2) is 52.0 Å². The minimum atomic E-state index is -3.76. The quantitative estimate of drug-likeness (QED) is 0.597. The second-order valence-electron chi connectivity index (χ2n) is 8.17. The number of halogens is 2. The van der Waals surface area contributed by atoms with Gasteiger partial charge >= 0.3 is 6.11 Å². The van der Waals surface area contributed by atoms with E-state index in [1.807, 2.05) is 5.38 Å². The first-order valence-electron chi connectivity index (χ1n) is 9.69. The van der Waals surface area contributed by atoms with Crippen LogP contribution in [0.25, 0.3) is 20.8 Å². The van der Waals surface area contributed by atoms with E-state index in [-0.39, 0.29) is 17.8 Å². The fraction of sp³-hybridized carbons (Fsp3) is 0.500. The third-order valence-electron chi connectivity index (χ3n) is 4.94. The summed E-state index contributed by atoms with van der Waals surface area (Å²) < 4.78 is 34.5. The summed E-state index contributed by atoms with van der Waals surface area (Å²) >= 11 is 2.78. The highest BCUT2D eigenvalue weighted by Crippen LogP contribution is 2.44. The van der Waals surface area contributed by atoms with E-state index in [9.17, 15) is 13.9 Å². The Morgan fingerprint density at radius 1 is 1.23 bits per heavy atom. The lowest BCUT2D eigenvalue weighted by Crippen LogP contribution is -2.54. The Labute approximate surface area is 181 Å². The van der Waals surface area contributed by atoms with Crippen molar-refractivity contribution in [3.05, 3.63) is 23.7 Å². The SMILES string of the molecule is C[C@@H]1CN(c2nc3c(-c4nccs4)ccc(OC(F)(F)C(C)(C)O)c3s2)C[C@H](C)N1. The van der Waals surface area contributed by atoms with Gasteiger partial charge < -0.3 is 20.1 Å². The largest absolute Gasteiger partial charge is 0.429 e. The summed E-state index contributed by atoms with van der Waals surface area (Å²) in [5, 5.41) is 16.7. The molecule has 0 spiro atoms. The van der Waals surface area contributed by atoms with Crippen molar-refractivity contribution in [1.82, 2.24) is 15.3 Å². The van der Waals surface area contributed by atoms with E-state index in [0.717, 1.165) is 42.6 Å². The molecule has 0 aliphatic carbocycles. The number of alkyl halides is 2. The number of nitrogens with zero attached hydrogens (tertiary/aromatic N) is 3. The van der Waals surface area contributed by atoms with Gasteiger partial charge in [0.1, 0.15) is 10.8 Å². The van der Waals surface area contributed by atoms with Crippen molar-refractivity contribution < 1.29 is 18.6 Å². The highest BCUT2D eigenvalue weighted by Gasteiger charge is 2.49. The van der Waals surface area contributed by atoms with E-state index in [2.05, 4.69) is 29.0 Å². The van der Waals surface area contributed by atoms with E-state index in [4.69, 9.17) is 9.72 Å². The van der Waals surface area contributed by atoms with Gasteiger partial charge in [0.15, 0.2) is 10.7 Å². The smallest absolute Gasteiger partial charge is 0.426 e. The predicted molar refractivity (Wildman–Crippen MR) is 117 cm³/mol. The average molecular weight is 455 g/mol. The Bertz CT molecular complexity index is 1020. The number of benzene rings is 1. The summed E-state index contributed by atoms with van der Waals surface area (Å²) in [5.74, 6) is -0.00240. The van der Waals surface area contributed by atoms with Crippen LogP contribution in [-0.2, 0) is 0 Å². The maximum atomic E-state index is 14.5. The van der Waals surface area contributed by atoms with Gasteiger partial charge in [-0.15, -0.1) is 11.3 Å². The van der Waals surface area contributed by atoms with Crippen molar-refractivity contribution in [2.75, 3.05) is 18.0 Å². The molecule has 0 amide bonds. The minimum absolute atomic E-state index is 0.00240. The van der Waals surface area contributed by atoms with Crippen LogP contribution in [0.4, 0.5) is 13.9 Å². The van der Waals surface area contributed by atoms with Crippen LogP contribution < -0.4 is 15.0 Å². The molecular weight excluding hydrogens is 430 g/mol. The summed E-state index contributed by atoms with van der Waals surface area (Å²) in [6, 6.07) is 3.77. The highest BCUT2D eigenvalue weighted by atomic mass is 32.1. The third-order valence-corrected chi connectivity index (χ3v) is 6.87. The van der Waals surface area contributed by atoms with E-state index < -0.39 is 11.7 Å². The first-order chi connectivity index (χ1) is 14.0. The summed E-state index contributed by atoms with van der Waals surface area (Å²) in [7, 11) is 0. The zero-order valence-corrected chi connectivity index (χ0v) is 18.8. The molecule has 4 rings (SSSR count). The Kier molecular flexibility index (Phi) is 5.46. The number of ether oxygens (including phenoxy) is 1. The number of hydrogen-bond acceptors (Lipinski definition) is 8. The van der Waals surface area contributed by atoms with Crippen LogP contribution in [0.15, 0.2) is 23.7 Å². The lowest BCUT2D eigenvalue weighted by atomic mass is 10.1. The number of fused-ring (bicyclic) bond motifs is 1. The first-order valence-corrected chi connectivity index (χ1v) is 11.4. The summed E-state index contributed by atoms with van der Waals surface area (Å²) in [6.45, 7) is 7.80. The summed E-state index contributed by atoms with van der Waals surface area (Å²) in [6.07, 6.45) is -2.06. The van der Waals surface area contributed by atoms with Crippen molar-refractivity contribution in [3.63, 3.8) is 0 Å². The fourth-order valence-electron chi connectivity index (χ4n) is 3.46. The standard InChI is InChI=1S/C20H24F2N4O2S2/c1-11-9-26(10-12(2)24-11)18-25-15-13(17-23-7-8-29-17)5-6-14(16(15)30-18)28-20(21,22)19(3,4)27/h5-8,11-12,24,27H,9-10H2,1-4H3/t11-,12+. The van der Waals surface area contributed by atoms with Crippen LogP contribution in [0.1, 0.15) is 27.7 Å². The van der Waals surface area contributed by atoms with Crippen LogP contribution in [0, 0.1) is 0 Å². The molecule has 1 fully saturated rings. The molecule has 0 saturated carbocycles. The molecule has 0 bridgehead atoms. The van der Waals surface area contributed by atoms with Gasteiger partial charge in [0.05, 0.1) is 10.2 Å². The van der Waals surface area contributed by atoms with E-state index in [1.54, 1.807) is 12.3 Å². The second-order valence-corrected chi connectivity index (χ2v) is 10.0. The molecule has 10 heteroatoms. The molecule has 2 atom stereocenters. The number of anilines is 1. The monoisotopic (exact) mass is 454 g/mol. The molecule has 2 N–H and O–H groups in total. The second kappa shape index (κ2) is 7.67. The third kappa shape index (κ3) is 4.01. The molecule has 0 unspecified atom stereocenters. The van der Waals surface area contributed by atoms with Gasteiger partial charge in [-0.2, -0.15) is 8.78 Å². The predicted octanol–water partition coefficient (Wildman–Crippen LogP) is 4.35.